The molecule has 0 aliphatic rings. The molecule has 2 aromatic carbocycles. The van der Waals surface area contributed by atoms with Crippen molar-refractivity contribution in [3.63, 3.8) is 0 Å². The van der Waals surface area contributed by atoms with Crippen molar-refractivity contribution in [3.8, 4) is 0 Å². The van der Waals surface area contributed by atoms with E-state index in [1.165, 1.54) is 8.92 Å². The average molecular weight is 394 g/mol. The van der Waals surface area contributed by atoms with E-state index in [1.54, 1.807) is 8.92 Å². The second-order valence-corrected chi connectivity index (χ2v) is 9.35. The van der Waals surface area contributed by atoms with Crippen LogP contribution < -0.4 is 17.8 Å². The van der Waals surface area contributed by atoms with E-state index in [1.807, 2.05) is 11.3 Å². The van der Waals surface area contributed by atoms with Crippen molar-refractivity contribution < 1.29 is 0 Å². The Kier molecular flexibility index (Phi) is 4.55. The second kappa shape index (κ2) is 6.56. The number of thiophene rings is 1. The molecule has 0 amide bonds. The topological polar surface area (TPSA) is 0 Å². The van der Waals surface area contributed by atoms with E-state index in [4.69, 9.17) is 0 Å². The van der Waals surface area contributed by atoms with Gasteiger partial charge in [-0.05, 0) is 0 Å². The summed E-state index contributed by atoms with van der Waals surface area (Å²) in [5.41, 5.74) is 0. The first-order chi connectivity index (χ1) is 9.42. The third-order valence-electron chi connectivity index (χ3n) is 2.54. The molecule has 1 heterocycles. The number of benzene rings is 2. The van der Waals surface area contributed by atoms with Gasteiger partial charge in [0.15, 0.2) is 0 Å². The summed E-state index contributed by atoms with van der Waals surface area (Å²) in [6.45, 7) is 0. The Morgan fingerprint density at radius 3 is 1.42 bits per heavy atom. The second-order valence-electron chi connectivity index (χ2n) is 3.93. The van der Waals surface area contributed by atoms with Crippen molar-refractivity contribution in [2.75, 3.05) is 0 Å². The molecule has 0 nitrogen and oxygen atoms in total. The van der Waals surface area contributed by atoms with Crippen LogP contribution >= 0.6 is 11.3 Å². The molecule has 19 heavy (non-hydrogen) atoms. The summed E-state index contributed by atoms with van der Waals surface area (Å²) in [7, 11) is 0. The fourth-order valence-electron chi connectivity index (χ4n) is 1.65. The van der Waals surface area contributed by atoms with Crippen LogP contribution in [0.1, 0.15) is 0 Å². The zero-order valence-corrected chi connectivity index (χ0v) is 14.4. The van der Waals surface area contributed by atoms with Gasteiger partial charge in [0, 0.05) is 0 Å². The van der Waals surface area contributed by atoms with Crippen LogP contribution in [0.4, 0.5) is 0 Å². The third-order valence-corrected chi connectivity index (χ3v) is 9.08. The first-order valence-corrected chi connectivity index (χ1v) is 10.3. The number of hydrogen-bond acceptors (Lipinski definition) is 1. The molecule has 0 atom stereocenters. The molecule has 0 N–H and O–H groups in total. The molecule has 0 bridgehead atoms. The first-order valence-electron chi connectivity index (χ1n) is 5.94. The summed E-state index contributed by atoms with van der Waals surface area (Å²) in [6, 6.07) is 21.6. The van der Waals surface area contributed by atoms with Gasteiger partial charge < -0.3 is 0 Å². The first kappa shape index (κ1) is 13.2. The quantitative estimate of drug-likeness (QED) is 0.581. The summed E-state index contributed by atoms with van der Waals surface area (Å²) in [4.78, 5) is 0. The molecule has 0 aliphatic heterocycles. The minimum absolute atomic E-state index is 0.438. The summed E-state index contributed by atoms with van der Waals surface area (Å²) in [6.07, 6.45) is 0. The van der Waals surface area contributed by atoms with Crippen molar-refractivity contribution >= 4 is 59.1 Å². The summed E-state index contributed by atoms with van der Waals surface area (Å²) >= 11 is 2.71. The Labute approximate surface area is 130 Å². The number of hydrogen-bond donors (Lipinski definition) is 0. The van der Waals surface area contributed by atoms with Gasteiger partial charge in [-0.15, -0.1) is 0 Å². The van der Waals surface area contributed by atoms with Gasteiger partial charge in [0.25, 0.3) is 0 Å². The van der Waals surface area contributed by atoms with Crippen LogP contribution in [-0.4, -0.2) is 29.9 Å². The minimum atomic E-state index is 0.438. The molecule has 3 aromatic rings. The average Bonchev–Trinajstić information content (AvgIpc) is 2.88. The van der Waals surface area contributed by atoms with E-state index in [0.717, 1.165) is 0 Å². The molecule has 0 unspecified atom stereocenters. The molecular formula is C16H12SSe2. The van der Waals surface area contributed by atoms with E-state index in [9.17, 15) is 0 Å². The van der Waals surface area contributed by atoms with Gasteiger partial charge in [0.05, 0.1) is 0 Å². The monoisotopic (exact) mass is 396 g/mol. The molecule has 0 aliphatic carbocycles. The molecule has 3 heteroatoms. The van der Waals surface area contributed by atoms with Crippen molar-refractivity contribution in [1.82, 2.24) is 0 Å². The van der Waals surface area contributed by atoms with Gasteiger partial charge in [-0.25, -0.2) is 0 Å². The molecule has 3 rings (SSSR count). The van der Waals surface area contributed by atoms with Crippen molar-refractivity contribution in [2.24, 2.45) is 0 Å². The normalized spacial score (nSPS) is 10.5. The predicted molar refractivity (Wildman–Crippen MR) is 87.2 cm³/mol. The summed E-state index contributed by atoms with van der Waals surface area (Å²) in [5.74, 6) is 0. The third kappa shape index (κ3) is 3.60. The Morgan fingerprint density at radius 2 is 1.00 bits per heavy atom. The van der Waals surface area contributed by atoms with Crippen LogP contribution in [-0.2, 0) is 0 Å². The van der Waals surface area contributed by atoms with Crippen molar-refractivity contribution in [2.45, 2.75) is 0 Å². The SMILES string of the molecule is c1ccc([Se]c2cscc2[Se]c2ccccc2)cc1. The zero-order chi connectivity index (χ0) is 12.9. The maximum absolute atomic E-state index is 2.33. The molecule has 0 saturated heterocycles. The van der Waals surface area contributed by atoms with Gasteiger partial charge in [0.1, 0.15) is 0 Å². The molecule has 94 valence electrons. The van der Waals surface area contributed by atoms with Crippen LogP contribution in [0, 0.1) is 0 Å². The van der Waals surface area contributed by atoms with Crippen molar-refractivity contribution in [3.05, 3.63) is 71.4 Å². The van der Waals surface area contributed by atoms with Gasteiger partial charge >= 0.3 is 131 Å². The Balaban J connectivity index is 1.79. The van der Waals surface area contributed by atoms with Gasteiger partial charge in [-0.1, -0.05) is 0 Å². The Bertz CT molecular complexity index is 576. The van der Waals surface area contributed by atoms with Crippen molar-refractivity contribution in [1.29, 1.82) is 0 Å². The molecule has 1 aromatic heterocycles. The van der Waals surface area contributed by atoms with E-state index in [-0.39, 0.29) is 0 Å². The van der Waals surface area contributed by atoms with Crippen LogP contribution in [0.5, 0.6) is 0 Å². The van der Waals surface area contributed by atoms with Gasteiger partial charge in [-0.3, -0.25) is 0 Å². The molecule has 0 spiro atoms. The molecule has 0 saturated carbocycles. The maximum atomic E-state index is 2.33. The standard InChI is InChI=1S/C16H12SSe2/c1-3-7-13(8-4-1)18-15-11-17-12-16(15)19-14-9-5-2-6-10-14/h1-12H. The fourth-order valence-corrected chi connectivity index (χ4v) is 7.83. The molecule has 0 fully saturated rings. The number of rotatable bonds is 4. The van der Waals surface area contributed by atoms with E-state index < -0.39 is 0 Å². The van der Waals surface area contributed by atoms with Crippen LogP contribution in [0.2, 0.25) is 0 Å². The predicted octanol–water partition coefficient (Wildman–Crippen LogP) is 1.06. The zero-order valence-electron chi connectivity index (χ0n) is 10.2. The van der Waals surface area contributed by atoms with E-state index >= 15 is 0 Å². The van der Waals surface area contributed by atoms with E-state index in [0.29, 0.717) is 29.9 Å². The molecular weight excluding hydrogens is 382 g/mol. The summed E-state index contributed by atoms with van der Waals surface area (Å²) < 4.78 is 6.01. The molecule has 0 radical (unpaired) electrons. The van der Waals surface area contributed by atoms with Crippen LogP contribution in [0.25, 0.3) is 0 Å². The van der Waals surface area contributed by atoms with Crippen LogP contribution in [0.3, 0.4) is 0 Å². The Morgan fingerprint density at radius 1 is 0.579 bits per heavy atom. The van der Waals surface area contributed by atoms with E-state index in [2.05, 4.69) is 71.4 Å². The fraction of sp³-hybridized carbons (Fsp3) is 0. The van der Waals surface area contributed by atoms with Gasteiger partial charge in [0.2, 0.25) is 0 Å². The van der Waals surface area contributed by atoms with Gasteiger partial charge in [-0.2, -0.15) is 0 Å². The van der Waals surface area contributed by atoms with Crippen LogP contribution in [0.15, 0.2) is 71.4 Å². The summed E-state index contributed by atoms with van der Waals surface area (Å²) in [5, 5.41) is 4.65. The Hall–Kier alpha value is -0.821.